The number of aryl methyl sites for hydroxylation is 1. The molecule has 0 aliphatic rings. The molecule has 1 aromatic rings. The van der Waals surface area contributed by atoms with Crippen molar-refractivity contribution < 1.29 is 14.9 Å². The summed E-state index contributed by atoms with van der Waals surface area (Å²) < 4.78 is 0. The summed E-state index contributed by atoms with van der Waals surface area (Å²) in [7, 11) is 0. The van der Waals surface area contributed by atoms with Crippen LogP contribution in [0.2, 0.25) is 0 Å². The van der Waals surface area contributed by atoms with Gasteiger partial charge in [0.15, 0.2) is 6.54 Å². The first-order valence-electron chi connectivity index (χ1n) is 8.93. The lowest BCUT2D eigenvalue weighted by Crippen LogP contribution is -2.88. The van der Waals surface area contributed by atoms with Crippen molar-refractivity contribution in [1.29, 1.82) is 0 Å². The number of amides is 2. The fourth-order valence-corrected chi connectivity index (χ4v) is 2.58. The maximum absolute atomic E-state index is 12.0. The Morgan fingerprint density at radius 1 is 1.04 bits per heavy atom. The molecule has 0 fully saturated rings. The highest BCUT2D eigenvalue weighted by atomic mass is 16.2. The minimum atomic E-state index is -0.138. The van der Waals surface area contributed by atoms with E-state index in [0.29, 0.717) is 19.0 Å². The minimum absolute atomic E-state index is 0.0458. The van der Waals surface area contributed by atoms with E-state index in [1.807, 2.05) is 12.2 Å². The van der Waals surface area contributed by atoms with Crippen LogP contribution in [-0.4, -0.2) is 31.4 Å². The summed E-state index contributed by atoms with van der Waals surface area (Å²) in [4.78, 5) is 23.5. The van der Waals surface area contributed by atoms with Gasteiger partial charge >= 0.3 is 0 Å². The molecular weight excluding hydrogens is 302 g/mol. The van der Waals surface area contributed by atoms with Gasteiger partial charge in [0, 0.05) is 18.0 Å². The number of nitrogens with one attached hydrogen (secondary N) is 2. The minimum Gasteiger partial charge on any atom is -0.355 e. The molecule has 0 aliphatic heterocycles. The Balaban J connectivity index is 2.48. The molecule has 0 spiro atoms. The normalized spacial score (nSPS) is 12.0. The van der Waals surface area contributed by atoms with Gasteiger partial charge in [-0.3, -0.25) is 9.59 Å². The molecular formula is C19H32N3O2+. The standard InChI is InChI=1S/C19H31N3O2/c1-5-11-20-17(23)12-21-18(24)13-22-19(14(3)4)16-9-7-15(6-2)8-10-16/h7-10,14,19,22H,5-6,11-13H2,1-4H3,(H,20,23)(H,21,24)/p+1/t19-/m0/s1. The predicted octanol–water partition coefficient (Wildman–Crippen LogP) is 1.15. The molecule has 24 heavy (non-hydrogen) atoms. The summed E-state index contributed by atoms with van der Waals surface area (Å²) in [6.07, 6.45) is 1.92. The second-order valence-electron chi connectivity index (χ2n) is 6.43. The van der Waals surface area contributed by atoms with Crippen LogP contribution < -0.4 is 16.0 Å². The molecule has 1 atom stereocenters. The Kier molecular flexibility index (Phi) is 9.08. The van der Waals surface area contributed by atoms with Gasteiger partial charge in [0.05, 0.1) is 6.54 Å². The topological polar surface area (TPSA) is 74.8 Å². The van der Waals surface area contributed by atoms with Crippen LogP contribution in [0.25, 0.3) is 0 Å². The van der Waals surface area contributed by atoms with Crippen LogP contribution >= 0.6 is 0 Å². The molecule has 134 valence electrons. The molecule has 0 bridgehead atoms. The van der Waals surface area contributed by atoms with Crippen LogP contribution in [0.3, 0.4) is 0 Å². The number of hydrogen-bond acceptors (Lipinski definition) is 2. The SMILES string of the molecule is CCCNC(=O)CNC(=O)C[NH2+][C@H](c1ccc(CC)cc1)C(C)C. The van der Waals surface area contributed by atoms with Gasteiger partial charge in [-0.05, 0) is 18.4 Å². The van der Waals surface area contributed by atoms with Gasteiger partial charge in [0.1, 0.15) is 6.04 Å². The van der Waals surface area contributed by atoms with Crippen LogP contribution in [0.4, 0.5) is 0 Å². The Hall–Kier alpha value is -1.88. The zero-order chi connectivity index (χ0) is 17.9. The Bertz CT molecular complexity index is 512. The molecule has 4 N–H and O–H groups in total. The van der Waals surface area contributed by atoms with E-state index in [-0.39, 0.29) is 24.4 Å². The van der Waals surface area contributed by atoms with Gasteiger partial charge in [0.25, 0.3) is 5.91 Å². The van der Waals surface area contributed by atoms with Crippen LogP contribution in [0.5, 0.6) is 0 Å². The van der Waals surface area contributed by atoms with Crippen molar-refractivity contribution in [1.82, 2.24) is 10.6 Å². The van der Waals surface area contributed by atoms with Gasteiger partial charge in [0.2, 0.25) is 5.91 Å². The quantitative estimate of drug-likeness (QED) is 0.600. The van der Waals surface area contributed by atoms with E-state index >= 15 is 0 Å². The molecule has 5 heteroatoms. The zero-order valence-electron chi connectivity index (χ0n) is 15.4. The van der Waals surface area contributed by atoms with Crippen LogP contribution in [0.1, 0.15) is 51.3 Å². The highest BCUT2D eigenvalue weighted by Crippen LogP contribution is 2.18. The van der Waals surface area contributed by atoms with E-state index in [1.165, 1.54) is 11.1 Å². The lowest BCUT2D eigenvalue weighted by molar-refractivity contribution is -0.692. The highest BCUT2D eigenvalue weighted by Gasteiger charge is 2.20. The monoisotopic (exact) mass is 334 g/mol. The summed E-state index contributed by atoms with van der Waals surface area (Å²) in [5, 5.41) is 7.46. The molecule has 1 rings (SSSR count). The lowest BCUT2D eigenvalue weighted by Gasteiger charge is -2.19. The number of quaternary nitrogens is 1. The summed E-state index contributed by atoms with van der Waals surface area (Å²) in [6.45, 7) is 9.46. The Morgan fingerprint density at radius 2 is 1.71 bits per heavy atom. The number of hydrogen-bond donors (Lipinski definition) is 3. The lowest BCUT2D eigenvalue weighted by atomic mass is 9.95. The molecule has 0 aliphatic carbocycles. The van der Waals surface area contributed by atoms with Gasteiger partial charge < -0.3 is 16.0 Å². The third kappa shape index (κ3) is 7.13. The first-order chi connectivity index (χ1) is 11.5. The van der Waals surface area contributed by atoms with E-state index in [9.17, 15) is 9.59 Å². The van der Waals surface area contributed by atoms with Crippen LogP contribution in [-0.2, 0) is 16.0 Å². The zero-order valence-corrected chi connectivity index (χ0v) is 15.4. The number of carbonyl (C=O) groups is 2. The van der Waals surface area contributed by atoms with Crippen LogP contribution in [0.15, 0.2) is 24.3 Å². The summed E-state index contributed by atoms with van der Waals surface area (Å²) >= 11 is 0. The Morgan fingerprint density at radius 3 is 2.25 bits per heavy atom. The van der Waals surface area contributed by atoms with Crippen molar-refractivity contribution in [2.24, 2.45) is 5.92 Å². The smallest absolute Gasteiger partial charge is 0.275 e. The van der Waals surface area contributed by atoms with E-state index < -0.39 is 0 Å². The van der Waals surface area contributed by atoms with Gasteiger partial charge in [-0.25, -0.2) is 0 Å². The number of carbonyl (C=O) groups excluding carboxylic acids is 2. The maximum Gasteiger partial charge on any atom is 0.275 e. The molecule has 5 nitrogen and oxygen atoms in total. The summed E-state index contributed by atoms with van der Waals surface area (Å²) in [6, 6.07) is 8.83. The first-order valence-corrected chi connectivity index (χ1v) is 8.93. The van der Waals surface area contributed by atoms with E-state index in [0.717, 1.165) is 12.8 Å². The first kappa shape index (κ1) is 20.2. The summed E-state index contributed by atoms with van der Waals surface area (Å²) in [5.41, 5.74) is 2.55. The van der Waals surface area contributed by atoms with Gasteiger partial charge in [-0.15, -0.1) is 0 Å². The fraction of sp³-hybridized carbons (Fsp3) is 0.579. The van der Waals surface area contributed by atoms with E-state index in [4.69, 9.17) is 0 Å². The predicted molar refractivity (Wildman–Crippen MR) is 96.5 cm³/mol. The van der Waals surface area contributed by atoms with Crippen LogP contribution in [0, 0.1) is 5.92 Å². The van der Waals surface area contributed by atoms with Crippen molar-refractivity contribution in [2.45, 2.75) is 46.6 Å². The highest BCUT2D eigenvalue weighted by molar-refractivity contribution is 5.84. The number of rotatable bonds is 10. The average molecular weight is 334 g/mol. The van der Waals surface area contributed by atoms with E-state index in [1.54, 1.807) is 0 Å². The molecule has 0 saturated heterocycles. The average Bonchev–Trinajstić information content (AvgIpc) is 2.58. The van der Waals surface area contributed by atoms with E-state index in [2.05, 4.69) is 55.7 Å². The number of benzene rings is 1. The molecule has 1 aromatic carbocycles. The number of nitrogens with two attached hydrogens (primary N) is 1. The Labute approximate surface area is 145 Å². The second-order valence-corrected chi connectivity index (χ2v) is 6.43. The third-order valence-corrected chi connectivity index (χ3v) is 4.07. The van der Waals surface area contributed by atoms with Gasteiger partial charge in [-0.2, -0.15) is 0 Å². The van der Waals surface area contributed by atoms with Crippen molar-refractivity contribution in [3.63, 3.8) is 0 Å². The van der Waals surface area contributed by atoms with Gasteiger partial charge in [-0.1, -0.05) is 52.0 Å². The third-order valence-electron chi connectivity index (χ3n) is 4.07. The van der Waals surface area contributed by atoms with Crippen molar-refractivity contribution in [3.05, 3.63) is 35.4 Å². The van der Waals surface area contributed by atoms with Crippen molar-refractivity contribution >= 4 is 11.8 Å². The molecule has 0 heterocycles. The maximum atomic E-state index is 12.0. The second kappa shape index (κ2) is 10.8. The molecule has 0 radical (unpaired) electrons. The molecule has 2 amide bonds. The van der Waals surface area contributed by atoms with Crippen molar-refractivity contribution in [2.75, 3.05) is 19.6 Å². The molecule has 0 unspecified atom stereocenters. The fourth-order valence-electron chi connectivity index (χ4n) is 2.58. The molecule has 0 aromatic heterocycles. The summed E-state index contributed by atoms with van der Waals surface area (Å²) in [5.74, 6) is 0.163. The largest absolute Gasteiger partial charge is 0.355 e. The van der Waals surface area contributed by atoms with Crippen molar-refractivity contribution in [3.8, 4) is 0 Å². The molecule has 0 saturated carbocycles.